The van der Waals surface area contributed by atoms with Crippen molar-refractivity contribution in [3.05, 3.63) is 93.7 Å². The van der Waals surface area contributed by atoms with Gasteiger partial charge in [0.25, 0.3) is 5.91 Å². The molecule has 0 saturated heterocycles. The van der Waals surface area contributed by atoms with Crippen molar-refractivity contribution in [3.8, 4) is 5.75 Å². The van der Waals surface area contributed by atoms with Crippen LogP contribution in [0.25, 0.3) is 0 Å². The fourth-order valence-corrected chi connectivity index (χ4v) is 3.29. The predicted octanol–water partition coefficient (Wildman–Crippen LogP) is 6.64. The number of alkyl halides is 1. The highest BCUT2D eigenvalue weighted by atomic mass is 35.5. The van der Waals surface area contributed by atoms with Gasteiger partial charge in [-0.25, -0.2) is 4.39 Å². The Morgan fingerprint density at radius 1 is 0.935 bits per heavy atom. The van der Waals surface area contributed by atoms with Crippen molar-refractivity contribution in [3.63, 3.8) is 0 Å². The van der Waals surface area contributed by atoms with Crippen LogP contribution in [0.15, 0.2) is 66.7 Å². The Morgan fingerprint density at radius 3 is 2.32 bits per heavy atom. The van der Waals surface area contributed by atoms with E-state index in [9.17, 15) is 14.0 Å². The topological polar surface area (TPSA) is 55.4 Å². The van der Waals surface area contributed by atoms with E-state index in [-0.39, 0.29) is 29.0 Å². The molecule has 3 aromatic rings. The van der Waals surface area contributed by atoms with Crippen LogP contribution < -0.4 is 10.1 Å². The van der Waals surface area contributed by atoms with Crippen LogP contribution in [-0.4, -0.2) is 23.7 Å². The number of hydrogen-bond donors (Lipinski definition) is 1. The maximum absolute atomic E-state index is 13.1. The first-order valence-corrected chi connectivity index (χ1v) is 10.6. The second-order valence-electron chi connectivity index (χ2n) is 6.57. The van der Waals surface area contributed by atoms with Crippen molar-refractivity contribution in [2.75, 3.05) is 11.2 Å². The first-order valence-electron chi connectivity index (χ1n) is 9.26. The first kappa shape index (κ1) is 23.1. The van der Waals surface area contributed by atoms with Gasteiger partial charge >= 0.3 is 0 Å². The van der Waals surface area contributed by atoms with E-state index in [1.165, 1.54) is 36.4 Å². The molecule has 160 valence electrons. The van der Waals surface area contributed by atoms with Gasteiger partial charge < -0.3 is 10.1 Å². The number of amides is 1. The van der Waals surface area contributed by atoms with Gasteiger partial charge in [-0.15, -0.1) is 11.6 Å². The van der Waals surface area contributed by atoms with Crippen molar-refractivity contribution >= 4 is 52.2 Å². The highest BCUT2D eigenvalue weighted by Gasteiger charge is 2.22. The molecule has 0 fully saturated rings. The van der Waals surface area contributed by atoms with Crippen LogP contribution in [0.1, 0.15) is 27.1 Å². The number of carbonyl (C=O) groups is 2. The lowest BCUT2D eigenvalue weighted by Gasteiger charge is -2.18. The van der Waals surface area contributed by atoms with Crippen LogP contribution in [0, 0.1) is 5.82 Å². The van der Waals surface area contributed by atoms with Crippen LogP contribution in [0.3, 0.4) is 0 Å². The number of Topliss-reactive ketones (excluding diaryl/α,β-unsaturated/α-hetero) is 1. The minimum Gasteiger partial charge on any atom is -0.482 e. The third-order valence-corrected chi connectivity index (χ3v) is 5.30. The second kappa shape index (κ2) is 10.6. The number of benzene rings is 3. The van der Waals surface area contributed by atoms with Gasteiger partial charge in [0.05, 0.1) is 10.0 Å². The van der Waals surface area contributed by atoms with Gasteiger partial charge in [0.1, 0.15) is 11.6 Å². The van der Waals surface area contributed by atoms with Crippen molar-refractivity contribution in [1.82, 2.24) is 0 Å². The zero-order valence-corrected chi connectivity index (χ0v) is 18.3. The Bertz CT molecular complexity index is 1090. The average Bonchev–Trinajstić information content (AvgIpc) is 2.75. The molecule has 8 heteroatoms. The van der Waals surface area contributed by atoms with Gasteiger partial charge in [0, 0.05) is 35.2 Å². The van der Waals surface area contributed by atoms with E-state index in [0.29, 0.717) is 27.6 Å². The van der Waals surface area contributed by atoms with E-state index in [2.05, 4.69) is 5.32 Å². The fourth-order valence-electron chi connectivity index (χ4n) is 2.79. The number of hydrogen-bond acceptors (Lipinski definition) is 3. The summed E-state index contributed by atoms with van der Waals surface area (Å²) in [5, 5.41) is 3.37. The van der Waals surface area contributed by atoms with Gasteiger partial charge in [-0.05, 0) is 54.6 Å². The maximum Gasteiger partial charge on any atom is 0.255 e. The molecule has 0 aromatic heterocycles. The zero-order chi connectivity index (χ0) is 22.4. The minimum atomic E-state index is -0.857. The number of rotatable bonds is 8. The van der Waals surface area contributed by atoms with E-state index in [1.54, 1.807) is 30.3 Å². The molecule has 0 radical (unpaired) electrons. The quantitative estimate of drug-likeness (QED) is 0.290. The molecule has 0 aliphatic rings. The Hall–Kier alpha value is -2.60. The molecule has 0 spiro atoms. The van der Waals surface area contributed by atoms with Crippen LogP contribution >= 0.6 is 34.8 Å². The van der Waals surface area contributed by atoms with Gasteiger partial charge in [-0.2, -0.15) is 0 Å². The van der Waals surface area contributed by atoms with Gasteiger partial charge in [-0.1, -0.05) is 29.3 Å². The summed E-state index contributed by atoms with van der Waals surface area (Å²) in [5.41, 5.74) is 1.13. The summed E-state index contributed by atoms with van der Waals surface area (Å²) in [6, 6.07) is 16.4. The highest BCUT2D eigenvalue weighted by Crippen LogP contribution is 2.25. The molecule has 3 rings (SSSR count). The highest BCUT2D eigenvalue weighted by molar-refractivity contribution is 6.42. The Morgan fingerprint density at radius 2 is 1.65 bits per heavy atom. The van der Waals surface area contributed by atoms with E-state index >= 15 is 0 Å². The molecule has 1 atom stereocenters. The first-order chi connectivity index (χ1) is 14.9. The summed E-state index contributed by atoms with van der Waals surface area (Å²) in [5.74, 6) is -0.554. The molecule has 0 saturated carbocycles. The maximum atomic E-state index is 13.1. The minimum absolute atomic E-state index is 0.200. The molecule has 31 heavy (non-hydrogen) atoms. The van der Waals surface area contributed by atoms with Crippen molar-refractivity contribution in [2.45, 2.75) is 12.5 Å². The molecule has 1 N–H and O–H groups in total. The normalized spacial score (nSPS) is 11.6. The Labute approximate surface area is 193 Å². The smallest absolute Gasteiger partial charge is 0.255 e. The number of ether oxygens (including phenoxy) is 1. The molecule has 0 heterocycles. The summed E-state index contributed by atoms with van der Waals surface area (Å²) < 4.78 is 19.0. The monoisotopic (exact) mass is 479 g/mol. The third kappa shape index (κ3) is 6.20. The number of nitrogens with one attached hydrogen (secondary N) is 1. The second-order valence-corrected chi connectivity index (χ2v) is 7.76. The van der Waals surface area contributed by atoms with Crippen LogP contribution in [0.4, 0.5) is 10.1 Å². The van der Waals surface area contributed by atoms with Gasteiger partial charge in [-0.3, -0.25) is 9.59 Å². The summed E-state index contributed by atoms with van der Waals surface area (Å²) in [6.07, 6.45) is -0.596. The summed E-state index contributed by atoms with van der Waals surface area (Å²) in [7, 11) is 0. The molecule has 4 nitrogen and oxygen atoms in total. The number of halogens is 4. The zero-order valence-electron chi connectivity index (χ0n) is 16.1. The average molecular weight is 481 g/mol. The van der Waals surface area contributed by atoms with Gasteiger partial charge in [0.15, 0.2) is 6.10 Å². The lowest BCUT2D eigenvalue weighted by Crippen LogP contribution is -2.28. The van der Waals surface area contributed by atoms with Gasteiger partial charge in [0.2, 0.25) is 5.78 Å². The standard InChI is InChI=1S/C23H17Cl3FNO3/c24-11-10-21(22(29)14-4-7-16(27)8-5-14)31-18-3-1-2-17(13-18)28-23(30)15-6-9-19(25)20(26)12-15/h1-9,12-13,21H,10-11H2,(H,28,30). The molecule has 1 unspecified atom stereocenters. The number of ketones is 1. The lowest BCUT2D eigenvalue weighted by atomic mass is 10.0. The fraction of sp³-hybridized carbons (Fsp3) is 0.130. The van der Waals surface area contributed by atoms with Crippen LogP contribution in [-0.2, 0) is 0 Å². The largest absolute Gasteiger partial charge is 0.482 e. The molecule has 1 amide bonds. The summed E-state index contributed by atoms with van der Waals surface area (Å²) in [6.45, 7) is 0. The molecular weight excluding hydrogens is 464 g/mol. The van der Waals surface area contributed by atoms with E-state index < -0.39 is 11.9 Å². The van der Waals surface area contributed by atoms with E-state index in [4.69, 9.17) is 39.5 Å². The predicted molar refractivity (Wildman–Crippen MR) is 121 cm³/mol. The Kier molecular flexibility index (Phi) is 7.91. The van der Waals surface area contributed by atoms with Crippen molar-refractivity contribution in [1.29, 1.82) is 0 Å². The van der Waals surface area contributed by atoms with Crippen molar-refractivity contribution < 1.29 is 18.7 Å². The SMILES string of the molecule is O=C(Nc1cccc(OC(CCCl)C(=O)c2ccc(F)cc2)c1)c1ccc(Cl)c(Cl)c1. The summed E-state index contributed by atoms with van der Waals surface area (Å²) in [4.78, 5) is 25.2. The molecule has 0 aliphatic carbocycles. The molecule has 0 bridgehead atoms. The molecule has 3 aromatic carbocycles. The summed E-state index contributed by atoms with van der Waals surface area (Å²) >= 11 is 17.7. The lowest BCUT2D eigenvalue weighted by molar-refractivity contribution is 0.0787. The van der Waals surface area contributed by atoms with Crippen molar-refractivity contribution in [2.24, 2.45) is 0 Å². The number of carbonyl (C=O) groups excluding carboxylic acids is 2. The van der Waals surface area contributed by atoms with E-state index in [1.807, 2.05) is 0 Å². The third-order valence-electron chi connectivity index (χ3n) is 4.34. The molecular formula is C23H17Cl3FNO3. The Balaban J connectivity index is 1.74. The molecule has 0 aliphatic heterocycles. The van der Waals surface area contributed by atoms with Crippen LogP contribution in [0.5, 0.6) is 5.75 Å². The van der Waals surface area contributed by atoms with Crippen LogP contribution in [0.2, 0.25) is 10.0 Å². The number of anilines is 1. The van der Waals surface area contributed by atoms with E-state index in [0.717, 1.165) is 0 Å².